The second kappa shape index (κ2) is 7.78. The van der Waals surface area contributed by atoms with Crippen LogP contribution in [0.3, 0.4) is 0 Å². The van der Waals surface area contributed by atoms with E-state index in [-0.39, 0.29) is 28.6 Å². The number of rotatable bonds is 5. The Balaban J connectivity index is 1.66. The highest BCUT2D eigenvalue weighted by atomic mass is 35.5. The van der Waals surface area contributed by atoms with Gasteiger partial charge < -0.3 is 9.88 Å². The molecule has 4 rings (SSSR count). The van der Waals surface area contributed by atoms with Crippen molar-refractivity contribution in [2.75, 3.05) is 18.4 Å². The zero-order valence-corrected chi connectivity index (χ0v) is 17.2. The zero-order chi connectivity index (χ0) is 20.6. The molecule has 1 saturated heterocycles. The van der Waals surface area contributed by atoms with E-state index in [1.54, 1.807) is 17.7 Å². The summed E-state index contributed by atoms with van der Waals surface area (Å²) >= 11 is 5.98. The average Bonchev–Trinajstić information content (AvgIpc) is 3.29. The molecule has 0 radical (unpaired) electrons. The second-order valence-corrected chi connectivity index (χ2v) is 9.45. The summed E-state index contributed by atoms with van der Waals surface area (Å²) in [6.07, 6.45) is 2.95. The number of hydrogen-bond donors (Lipinski definition) is 1. The third kappa shape index (κ3) is 4.14. The number of aromatic nitrogens is 2. The summed E-state index contributed by atoms with van der Waals surface area (Å²) < 4.78 is 42.9. The topological polar surface area (TPSA) is 67.2 Å². The highest BCUT2D eigenvalue weighted by Gasteiger charge is 2.41. The molecule has 0 amide bonds. The number of benzene rings is 2. The number of sulfonamides is 1. The highest BCUT2D eigenvalue weighted by Crippen LogP contribution is 2.33. The van der Waals surface area contributed by atoms with E-state index in [1.165, 1.54) is 29.0 Å². The Morgan fingerprint density at radius 1 is 1.17 bits per heavy atom. The van der Waals surface area contributed by atoms with Gasteiger partial charge in [-0.05, 0) is 23.8 Å². The van der Waals surface area contributed by atoms with Crippen LogP contribution in [0.25, 0.3) is 0 Å². The summed E-state index contributed by atoms with van der Waals surface area (Å²) in [6, 6.07) is 13.6. The number of nitrogens with one attached hydrogen (secondary N) is 1. The molecule has 1 aliphatic heterocycles. The van der Waals surface area contributed by atoms with Crippen LogP contribution in [0.4, 0.5) is 10.1 Å². The predicted octanol–water partition coefficient (Wildman–Crippen LogP) is 3.48. The maximum atomic E-state index is 13.8. The van der Waals surface area contributed by atoms with Gasteiger partial charge in [-0.1, -0.05) is 41.9 Å². The van der Waals surface area contributed by atoms with Crippen molar-refractivity contribution < 1.29 is 12.8 Å². The van der Waals surface area contributed by atoms with Crippen LogP contribution in [-0.4, -0.2) is 41.4 Å². The highest BCUT2D eigenvalue weighted by molar-refractivity contribution is 7.89. The normalized spacial score (nSPS) is 20.1. The molecule has 0 bridgehead atoms. The standard InChI is InChI=1S/C20H20ClFN4O2S/c1-25-12-20(23-13-25)29(27,28)26-10-18(14-5-3-2-4-6-14)19(11-26)24-17-8-15(21)7-16(22)9-17/h2-9,12-13,18-19,24H,10-11H2,1H3/t18-,19+/m0/s1. The Labute approximate surface area is 174 Å². The van der Waals surface area contributed by atoms with Crippen LogP contribution in [-0.2, 0) is 17.1 Å². The van der Waals surface area contributed by atoms with Crippen LogP contribution in [0, 0.1) is 5.82 Å². The molecule has 0 aliphatic carbocycles. The van der Waals surface area contributed by atoms with Crippen LogP contribution in [0.2, 0.25) is 5.02 Å². The molecule has 0 spiro atoms. The van der Waals surface area contributed by atoms with Gasteiger partial charge in [0.25, 0.3) is 10.0 Å². The van der Waals surface area contributed by atoms with E-state index in [0.29, 0.717) is 12.2 Å². The fourth-order valence-corrected chi connectivity index (χ4v) is 5.33. The summed E-state index contributed by atoms with van der Waals surface area (Å²) in [4.78, 5) is 4.01. The summed E-state index contributed by atoms with van der Waals surface area (Å²) in [7, 11) is -2.02. The van der Waals surface area contributed by atoms with Crippen molar-refractivity contribution in [1.82, 2.24) is 13.9 Å². The number of hydrogen-bond acceptors (Lipinski definition) is 4. The summed E-state index contributed by atoms with van der Waals surface area (Å²) in [5.41, 5.74) is 1.52. The molecule has 1 N–H and O–H groups in total. The minimum atomic E-state index is -3.74. The molecule has 152 valence electrons. The van der Waals surface area contributed by atoms with Gasteiger partial charge in [0.1, 0.15) is 5.82 Å². The van der Waals surface area contributed by atoms with Crippen LogP contribution in [0.15, 0.2) is 66.1 Å². The molecule has 6 nitrogen and oxygen atoms in total. The lowest BCUT2D eigenvalue weighted by atomic mass is 9.94. The van der Waals surface area contributed by atoms with Gasteiger partial charge in [0, 0.05) is 49.0 Å². The molecule has 0 saturated carbocycles. The van der Waals surface area contributed by atoms with Crippen molar-refractivity contribution in [2.45, 2.75) is 17.0 Å². The van der Waals surface area contributed by atoms with Crippen LogP contribution < -0.4 is 5.32 Å². The monoisotopic (exact) mass is 434 g/mol. The van der Waals surface area contributed by atoms with Gasteiger partial charge >= 0.3 is 0 Å². The number of nitrogens with zero attached hydrogens (tertiary/aromatic N) is 3. The Morgan fingerprint density at radius 3 is 2.59 bits per heavy atom. The van der Waals surface area contributed by atoms with Crippen molar-refractivity contribution in [3.8, 4) is 0 Å². The summed E-state index contributed by atoms with van der Waals surface area (Å²) in [6.45, 7) is 0.524. The van der Waals surface area contributed by atoms with E-state index in [4.69, 9.17) is 11.6 Å². The van der Waals surface area contributed by atoms with E-state index < -0.39 is 15.8 Å². The number of imidazole rings is 1. The van der Waals surface area contributed by atoms with Crippen LogP contribution in [0.5, 0.6) is 0 Å². The maximum Gasteiger partial charge on any atom is 0.262 e. The number of anilines is 1. The molecule has 0 unspecified atom stereocenters. The van der Waals surface area contributed by atoms with E-state index in [1.807, 2.05) is 30.3 Å². The minimum absolute atomic E-state index is 0.0151. The third-order valence-electron chi connectivity index (χ3n) is 5.01. The summed E-state index contributed by atoms with van der Waals surface area (Å²) in [5, 5.41) is 3.57. The first-order valence-electron chi connectivity index (χ1n) is 9.08. The number of halogens is 2. The molecule has 1 aromatic heterocycles. The molecule has 2 aromatic carbocycles. The minimum Gasteiger partial charge on any atom is -0.380 e. The molecule has 29 heavy (non-hydrogen) atoms. The SMILES string of the molecule is Cn1cnc(S(=O)(=O)N2C[C@@H](Nc3cc(F)cc(Cl)c3)[C@H](c3ccccc3)C2)c1. The Kier molecular flexibility index (Phi) is 5.33. The third-order valence-corrected chi connectivity index (χ3v) is 6.95. The molecular formula is C20H20ClFN4O2S. The van der Waals surface area contributed by atoms with Gasteiger partial charge in [0.15, 0.2) is 5.03 Å². The van der Waals surface area contributed by atoms with Crippen molar-refractivity contribution in [3.05, 3.63) is 77.5 Å². The first kappa shape index (κ1) is 19.9. The van der Waals surface area contributed by atoms with E-state index in [9.17, 15) is 12.8 Å². The van der Waals surface area contributed by atoms with Crippen molar-refractivity contribution in [1.29, 1.82) is 0 Å². The van der Waals surface area contributed by atoms with E-state index in [0.717, 1.165) is 5.56 Å². The molecule has 9 heteroatoms. The van der Waals surface area contributed by atoms with Gasteiger partial charge in [-0.3, -0.25) is 0 Å². The lowest BCUT2D eigenvalue weighted by molar-refractivity contribution is 0.468. The first-order chi connectivity index (χ1) is 13.8. The predicted molar refractivity (Wildman–Crippen MR) is 110 cm³/mol. The smallest absolute Gasteiger partial charge is 0.262 e. The molecular weight excluding hydrogens is 415 g/mol. The quantitative estimate of drug-likeness (QED) is 0.667. The van der Waals surface area contributed by atoms with Crippen LogP contribution >= 0.6 is 11.6 Å². The van der Waals surface area contributed by atoms with E-state index in [2.05, 4.69) is 10.3 Å². The molecule has 2 heterocycles. The van der Waals surface area contributed by atoms with Crippen LogP contribution in [0.1, 0.15) is 11.5 Å². The zero-order valence-electron chi connectivity index (χ0n) is 15.7. The lowest BCUT2D eigenvalue weighted by Gasteiger charge is -2.21. The summed E-state index contributed by atoms with van der Waals surface area (Å²) in [5.74, 6) is -0.566. The first-order valence-corrected chi connectivity index (χ1v) is 10.9. The molecule has 2 atom stereocenters. The van der Waals surface area contributed by atoms with Gasteiger partial charge in [0.2, 0.25) is 0 Å². The van der Waals surface area contributed by atoms with Gasteiger partial charge in [-0.25, -0.2) is 17.8 Å². The van der Waals surface area contributed by atoms with E-state index >= 15 is 0 Å². The second-order valence-electron chi connectivity index (χ2n) is 7.13. The van der Waals surface area contributed by atoms with Gasteiger partial charge in [-0.2, -0.15) is 4.31 Å². The molecule has 1 fully saturated rings. The van der Waals surface area contributed by atoms with Crippen molar-refractivity contribution in [3.63, 3.8) is 0 Å². The Bertz CT molecular complexity index is 1100. The average molecular weight is 435 g/mol. The van der Waals surface area contributed by atoms with Crippen molar-refractivity contribution in [2.24, 2.45) is 7.05 Å². The fourth-order valence-electron chi connectivity index (χ4n) is 3.65. The van der Waals surface area contributed by atoms with Gasteiger partial charge in [0.05, 0.1) is 6.33 Å². The fraction of sp³-hybridized carbons (Fsp3) is 0.250. The Hall–Kier alpha value is -2.42. The maximum absolute atomic E-state index is 13.8. The molecule has 1 aliphatic rings. The Morgan fingerprint density at radius 2 is 1.93 bits per heavy atom. The van der Waals surface area contributed by atoms with Gasteiger partial charge in [-0.15, -0.1) is 0 Å². The number of aryl methyl sites for hydroxylation is 1. The largest absolute Gasteiger partial charge is 0.380 e. The lowest BCUT2D eigenvalue weighted by Crippen LogP contribution is -2.32. The van der Waals surface area contributed by atoms with Crippen molar-refractivity contribution >= 4 is 27.3 Å². The molecule has 3 aromatic rings.